The van der Waals surface area contributed by atoms with Crippen LogP contribution in [-0.4, -0.2) is 82.7 Å². The lowest BCUT2D eigenvalue weighted by Crippen LogP contribution is -2.49. The molecule has 2 aromatic rings. The number of fused-ring (bicyclic) bond motifs is 1. The molecule has 49 heavy (non-hydrogen) atoms. The molecule has 2 heterocycles. The van der Waals surface area contributed by atoms with Crippen molar-refractivity contribution in [1.82, 2.24) is 25.7 Å². The minimum atomic E-state index is -4.18. The largest absolute Gasteiger partial charge is 0.494 e. The molecule has 14 heteroatoms. The third-order valence-electron chi connectivity index (χ3n) is 7.95. The number of esters is 1. The van der Waals surface area contributed by atoms with Crippen molar-refractivity contribution in [3.8, 4) is 5.75 Å². The molecular weight excluding hydrogens is 648 g/mol. The van der Waals surface area contributed by atoms with Crippen LogP contribution in [0.4, 0.5) is 5.82 Å². The molecule has 1 aliphatic rings. The standard InChI is InChI=1S/C35H54N6O7S/c1-24-21-28(48-20-10-14-30(42)36-18-19-39-35(3,4)5)22-25(2)32(24)49(45,46)41-29(34(44)47-6)23-38-31(43)13-8-7-12-27-16-15-26-11-9-17-37-33(26)40-27/h15-16,21-22,29,39,41H,7-14,17-20,23H2,1-6H3,(H,36,42)(H,37,40)(H,38,43)/t29-/m1/s1. The summed E-state index contributed by atoms with van der Waals surface area (Å²) in [6.07, 6.45) is 5.27. The highest BCUT2D eigenvalue weighted by molar-refractivity contribution is 7.89. The van der Waals surface area contributed by atoms with Gasteiger partial charge in [-0.2, -0.15) is 4.72 Å². The SMILES string of the molecule is COC(=O)[C@@H](CNC(=O)CCCCc1ccc2c(n1)NCCC2)NS(=O)(=O)c1c(C)cc(OCCCC(=O)NCCNC(C)(C)C)cc1C. The van der Waals surface area contributed by atoms with Crippen molar-refractivity contribution >= 4 is 33.6 Å². The topological polar surface area (TPSA) is 177 Å². The van der Waals surface area contributed by atoms with Gasteiger partial charge in [-0.25, -0.2) is 13.4 Å². The summed E-state index contributed by atoms with van der Waals surface area (Å²) >= 11 is 0. The van der Waals surface area contributed by atoms with Crippen LogP contribution in [0.15, 0.2) is 29.2 Å². The van der Waals surface area contributed by atoms with E-state index in [9.17, 15) is 22.8 Å². The van der Waals surface area contributed by atoms with Crippen molar-refractivity contribution in [2.75, 3.05) is 45.2 Å². The fraction of sp³-hybridized carbons (Fsp3) is 0.600. The van der Waals surface area contributed by atoms with Gasteiger partial charge in [-0.15, -0.1) is 0 Å². The number of hydrogen-bond acceptors (Lipinski definition) is 10. The van der Waals surface area contributed by atoms with E-state index in [1.54, 1.807) is 26.0 Å². The van der Waals surface area contributed by atoms with Gasteiger partial charge >= 0.3 is 5.97 Å². The molecule has 2 amide bonds. The first-order valence-electron chi connectivity index (χ1n) is 17.0. The number of amides is 2. The maximum absolute atomic E-state index is 13.5. The van der Waals surface area contributed by atoms with E-state index in [0.29, 0.717) is 49.2 Å². The molecule has 0 fully saturated rings. The molecule has 1 aliphatic heterocycles. The van der Waals surface area contributed by atoms with Gasteiger partial charge in [-0.05, 0) is 108 Å². The van der Waals surface area contributed by atoms with Gasteiger partial charge in [0.2, 0.25) is 21.8 Å². The number of unbranched alkanes of at least 4 members (excludes halogenated alkanes) is 1. The average molecular weight is 703 g/mol. The minimum absolute atomic E-state index is 0.00862. The van der Waals surface area contributed by atoms with Gasteiger partial charge in [-0.1, -0.05) is 6.07 Å². The molecule has 1 aromatic heterocycles. The second-order valence-electron chi connectivity index (χ2n) is 13.4. The molecule has 0 saturated carbocycles. The fourth-order valence-electron chi connectivity index (χ4n) is 5.53. The molecule has 5 N–H and O–H groups in total. The van der Waals surface area contributed by atoms with Gasteiger partial charge in [0.25, 0.3) is 0 Å². The van der Waals surface area contributed by atoms with Gasteiger partial charge < -0.3 is 30.7 Å². The zero-order valence-electron chi connectivity index (χ0n) is 29.8. The first-order valence-corrected chi connectivity index (χ1v) is 18.5. The molecule has 0 unspecified atom stereocenters. The van der Waals surface area contributed by atoms with Gasteiger partial charge in [-0.3, -0.25) is 14.4 Å². The maximum atomic E-state index is 13.5. The Morgan fingerprint density at radius 1 is 0.980 bits per heavy atom. The van der Waals surface area contributed by atoms with Crippen LogP contribution in [0, 0.1) is 13.8 Å². The fourth-order valence-corrected chi connectivity index (χ4v) is 7.17. The number of benzene rings is 1. The highest BCUT2D eigenvalue weighted by Crippen LogP contribution is 2.26. The second-order valence-corrected chi connectivity index (χ2v) is 15.1. The predicted molar refractivity (Wildman–Crippen MR) is 189 cm³/mol. The van der Waals surface area contributed by atoms with Gasteiger partial charge in [0.15, 0.2) is 0 Å². The average Bonchev–Trinajstić information content (AvgIpc) is 3.04. The van der Waals surface area contributed by atoms with Crippen LogP contribution in [0.5, 0.6) is 5.75 Å². The number of methoxy groups -OCH3 is 1. The number of rotatable bonds is 19. The summed E-state index contributed by atoms with van der Waals surface area (Å²) < 4.78 is 40.0. The van der Waals surface area contributed by atoms with Crippen LogP contribution >= 0.6 is 0 Å². The normalized spacial score (nSPS) is 13.5. The van der Waals surface area contributed by atoms with Gasteiger partial charge in [0, 0.05) is 50.3 Å². The monoisotopic (exact) mass is 702 g/mol. The van der Waals surface area contributed by atoms with E-state index in [2.05, 4.69) is 57.8 Å². The summed E-state index contributed by atoms with van der Waals surface area (Å²) in [5, 5.41) is 12.2. The lowest BCUT2D eigenvalue weighted by molar-refractivity contribution is -0.142. The molecule has 0 aliphatic carbocycles. The number of carbonyl (C=O) groups excluding carboxylic acids is 3. The van der Waals surface area contributed by atoms with Crippen molar-refractivity contribution < 1.29 is 32.3 Å². The predicted octanol–water partition coefficient (Wildman–Crippen LogP) is 3.07. The lowest BCUT2D eigenvalue weighted by atomic mass is 10.1. The quantitative estimate of drug-likeness (QED) is 0.108. The first kappa shape index (κ1) is 39.7. The van der Waals surface area contributed by atoms with Crippen LogP contribution in [0.1, 0.15) is 81.7 Å². The Kier molecular flexibility index (Phi) is 15.3. The summed E-state index contributed by atoms with van der Waals surface area (Å²) in [6.45, 7) is 11.6. The molecular formula is C35H54N6O7S. The summed E-state index contributed by atoms with van der Waals surface area (Å²) in [7, 11) is -3.02. The van der Waals surface area contributed by atoms with Crippen LogP contribution in [-0.2, 0) is 42.0 Å². The van der Waals surface area contributed by atoms with E-state index < -0.39 is 22.0 Å². The number of ether oxygens (including phenoxy) is 2. The number of hydrogen-bond donors (Lipinski definition) is 5. The van der Waals surface area contributed by atoms with Crippen LogP contribution in [0.3, 0.4) is 0 Å². The van der Waals surface area contributed by atoms with Crippen LogP contribution in [0.2, 0.25) is 0 Å². The van der Waals surface area contributed by atoms with Crippen molar-refractivity contribution in [3.05, 3.63) is 46.6 Å². The van der Waals surface area contributed by atoms with Gasteiger partial charge in [0.05, 0.1) is 18.6 Å². The maximum Gasteiger partial charge on any atom is 0.325 e. The van der Waals surface area contributed by atoms with Crippen molar-refractivity contribution in [3.63, 3.8) is 0 Å². The number of nitrogens with one attached hydrogen (secondary N) is 5. The summed E-state index contributed by atoms with van der Waals surface area (Å²) in [4.78, 5) is 41.9. The van der Waals surface area contributed by atoms with E-state index in [-0.39, 0.29) is 41.8 Å². The Bertz CT molecular complexity index is 1520. The minimum Gasteiger partial charge on any atom is -0.494 e. The van der Waals surface area contributed by atoms with E-state index in [1.807, 2.05) is 6.07 Å². The number of carbonyl (C=O) groups is 3. The Balaban J connectivity index is 1.46. The molecule has 0 spiro atoms. The Hall–Kier alpha value is -3.75. The third-order valence-corrected chi connectivity index (χ3v) is 9.72. The van der Waals surface area contributed by atoms with E-state index in [1.165, 1.54) is 5.56 Å². The smallest absolute Gasteiger partial charge is 0.325 e. The van der Waals surface area contributed by atoms with E-state index in [4.69, 9.17) is 9.47 Å². The van der Waals surface area contributed by atoms with Crippen molar-refractivity contribution in [1.29, 1.82) is 0 Å². The van der Waals surface area contributed by atoms with Gasteiger partial charge in [0.1, 0.15) is 17.6 Å². The number of nitrogens with zero attached hydrogens (tertiary/aromatic N) is 1. The number of anilines is 1. The van der Waals surface area contributed by atoms with E-state index in [0.717, 1.165) is 50.8 Å². The summed E-state index contributed by atoms with van der Waals surface area (Å²) in [6, 6.07) is 6.02. The molecule has 0 saturated heterocycles. The first-order chi connectivity index (χ1) is 23.2. The number of aromatic nitrogens is 1. The van der Waals surface area contributed by atoms with Crippen molar-refractivity contribution in [2.24, 2.45) is 0 Å². The second kappa shape index (κ2) is 18.9. The zero-order valence-corrected chi connectivity index (χ0v) is 30.6. The molecule has 1 atom stereocenters. The Morgan fingerprint density at radius 3 is 2.37 bits per heavy atom. The molecule has 0 bridgehead atoms. The van der Waals surface area contributed by atoms with Crippen LogP contribution in [0.25, 0.3) is 0 Å². The zero-order chi connectivity index (χ0) is 36.0. The number of aryl methyl sites for hydroxylation is 4. The van der Waals surface area contributed by atoms with E-state index >= 15 is 0 Å². The Labute approximate surface area is 291 Å². The highest BCUT2D eigenvalue weighted by Gasteiger charge is 2.29. The number of pyridine rings is 1. The summed E-state index contributed by atoms with van der Waals surface area (Å²) in [5.74, 6) is 0.241. The molecule has 1 aromatic carbocycles. The number of sulfonamides is 1. The Morgan fingerprint density at radius 2 is 1.67 bits per heavy atom. The molecule has 0 radical (unpaired) electrons. The highest BCUT2D eigenvalue weighted by atomic mass is 32.2. The molecule has 3 rings (SSSR count). The third kappa shape index (κ3) is 13.6. The lowest BCUT2D eigenvalue weighted by Gasteiger charge is -2.20. The van der Waals surface area contributed by atoms with Crippen molar-refractivity contribution in [2.45, 2.75) is 102 Å². The van der Waals surface area contributed by atoms with Crippen LogP contribution < -0.4 is 30.7 Å². The molecule has 13 nitrogen and oxygen atoms in total. The molecule has 272 valence electrons. The summed E-state index contributed by atoms with van der Waals surface area (Å²) in [5.41, 5.74) is 3.03.